The van der Waals surface area contributed by atoms with Gasteiger partial charge in [0.25, 0.3) is 0 Å². The highest BCUT2D eigenvalue weighted by Gasteiger charge is 2.27. The first-order valence-corrected chi connectivity index (χ1v) is 9.95. The molecule has 1 fully saturated rings. The second-order valence-electron chi connectivity index (χ2n) is 8.48. The molecule has 6 nitrogen and oxygen atoms in total. The lowest BCUT2D eigenvalue weighted by molar-refractivity contribution is -0.120. The predicted octanol–water partition coefficient (Wildman–Crippen LogP) is 3.91. The molecule has 29 heavy (non-hydrogen) atoms. The van der Waals surface area contributed by atoms with Gasteiger partial charge in [-0.2, -0.15) is 0 Å². The summed E-state index contributed by atoms with van der Waals surface area (Å²) in [5.74, 6) is 1.27. The van der Waals surface area contributed by atoms with Gasteiger partial charge in [-0.3, -0.25) is 4.79 Å². The molecule has 1 saturated heterocycles. The fourth-order valence-corrected chi connectivity index (χ4v) is 3.35. The Morgan fingerprint density at radius 3 is 2.45 bits per heavy atom. The molecule has 0 aliphatic carbocycles. The highest BCUT2D eigenvalue weighted by Crippen LogP contribution is 2.27. The molecule has 0 spiro atoms. The lowest BCUT2D eigenvalue weighted by Gasteiger charge is -2.33. The van der Waals surface area contributed by atoms with Gasteiger partial charge in [0.1, 0.15) is 17.5 Å². The van der Waals surface area contributed by atoms with Crippen LogP contribution in [0.4, 0.5) is 15.9 Å². The molecule has 7 heteroatoms. The monoisotopic (exact) mass is 400 g/mol. The predicted molar refractivity (Wildman–Crippen MR) is 111 cm³/mol. The Hall–Kier alpha value is -2.54. The van der Waals surface area contributed by atoms with Crippen LogP contribution in [0.1, 0.15) is 45.1 Å². The number of halogens is 1. The average molecular weight is 400 g/mol. The summed E-state index contributed by atoms with van der Waals surface area (Å²) < 4.78 is 18.3. The van der Waals surface area contributed by atoms with Crippen LogP contribution in [0.25, 0.3) is 0 Å². The lowest BCUT2D eigenvalue weighted by atomic mass is 9.94. The number of piperidine rings is 1. The van der Waals surface area contributed by atoms with E-state index in [4.69, 9.17) is 9.72 Å². The summed E-state index contributed by atoms with van der Waals surface area (Å²) in [6.07, 6.45) is 1.48. The molecule has 0 radical (unpaired) electrons. The van der Waals surface area contributed by atoms with Gasteiger partial charge < -0.3 is 15.0 Å². The van der Waals surface area contributed by atoms with E-state index >= 15 is 0 Å². The number of nitrogens with zero attached hydrogens (tertiary/aromatic N) is 3. The van der Waals surface area contributed by atoms with E-state index in [-0.39, 0.29) is 23.1 Å². The molecular formula is C22H29FN4O2. The minimum atomic E-state index is -0.316. The van der Waals surface area contributed by atoms with Crippen LogP contribution >= 0.6 is 0 Å². The molecule has 0 bridgehead atoms. The fraction of sp³-hybridized carbons (Fsp3) is 0.500. The number of carbonyl (C=O) groups is 1. The molecule has 3 rings (SSSR count). The highest BCUT2D eigenvalue weighted by molar-refractivity contribution is 5.92. The number of rotatable bonds is 5. The van der Waals surface area contributed by atoms with Crippen molar-refractivity contribution in [2.75, 3.05) is 30.4 Å². The van der Waals surface area contributed by atoms with E-state index in [1.807, 2.05) is 6.07 Å². The molecule has 1 aromatic carbocycles. The third kappa shape index (κ3) is 5.50. The Balaban J connectivity index is 1.66. The summed E-state index contributed by atoms with van der Waals surface area (Å²) in [6.45, 7) is 8.20. The van der Waals surface area contributed by atoms with Crippen LogP contribution in [0.3, 0.4) is 0 Å². The number of nitrogens with one attached hydrogen (secondary N) is 1. The Bertz CT molecular complexity index is 841. The zero-order valence-electron chi connectivity index (χ0n) is 17.5. The zero-order valence-corrected chi connectivity index (χ0v) is 17.5. The van der Waals surface area contributed by atoms with Crippen molar-refractivity contribution in [1.29, 1.82) is 0 Å². The van der Waals surface area contributed by atoms with Crippen LogP contribution in [-0.4, -0.2) is 36.1 Å². The van der Waals surface area contributed by atoms with E-state index in [0.717, 1.165) is 43.3 Å². The first-order chi connectivity index (χ1) is 13.8. The number of carbonyl (C=O) groups excluding carboxylic acids is 1. The minimum absolute atomic E-state index is 0.0191. The van der Waals surface area contributed by atoms with E-state index in [2.05, 4.69) is 36.0 Å². The molecule has 2 heterocycles. The minimum Gasteiger partial charge on any atom is -0.378 e. The van der Waals surface area contributed by atoms with Crippen molar-refractivity contribution in [2.24, 2.45) is 5.92 Å². The summed E-state index contributed by atoms with van der Waals surface area (Å²) in [7, 11) is 1.66. The Morgan fingerprint density at radius 1 is 1.21 bits per heavy atom. The van der Waals surface area contributed by atoms with Crippen molar-refractivity contribution in [2.45, 2.75) is 45.6 Å². The normalized spacial score (nSPS) is 15.4. The van der Waals surface area contributed by atoms with E-state index in [1.165, 1.54) is 12.1 Å². The topological polar surface area (TPSA) is 67.3 Å². The maximum atomic E-state index is 13.0. The van der Waals surface area contributed by atoms with Crippen LogP contribution in [0.5, 0.6) is 0 Å². The number of amides is 1. The number of ether oxygens (including phenoxy) is 1. The molecule has 1 aliphatic heterocycles. The van der Waals surface area contributed by atoms with Gasteiger partial charge in [-0.25, -0.2) is 14.4 Å². The SMILES string of the molecule is COCc1cc(N2CCC(C(=O)Nc3ccc(F)cc3)CC2)nc(C(C)(C)C)n1. The second kappa shape index (κ2) is 8.86. The Morgan fingerprint density at radius 2 is 1.86 bits per heavy atom. The summed E-state index contributed by atoms with van der Waals surface area (Å²) in [6, 6.07) is 7.82. The van der Waals surface area contributed by atoms with Crippen molar-refractivity contribution in [3.8, 4) is 0 Å². The van der Waals surface area contributed by atoms with Crippen LogP contribution in [0.2, 0.25) is 0 Å². The number of benzene rings is 1. The van der Waals surface area contributed by atoms with Gasteiger partial charge in [0.2, 0.25) is 5.91 Å². The number of anilines is 2. The van der Waals surface area contributed by atoms with Gasteiger partial charge in [0.05, 0.1) is 12.3 Å². The number of hydrogen-bond donors (Lipinski definition) is 1. The second-order valence-corrected chi connectivity index (χ2v) is 8.48. The van der Waals surface area contributed by atoms with Crippen LogP contribution in [-0.2, 0) is 21.6 Å². The van der Waals surface area contributed by atoms with Crippen molar-refractivity contribution >= 4 is 17.4 Å². The van der Waals surface area contributed by atoms with Crippen molar-refractivity contribution < 1.29 is 13.9 Å². The van der Waals surface area contributed by atoms with Gasteiger partial charge in [0.15, 0.2) is 0 Å². The summed E-state index contributed by atoms with van der Waals surface area (Å²) in [4.78, 5) is 24.2. The van der Waals surface area contributed by atoms with Gasteiger partial charge in [-0.05, 0) is 37.1 Å². The summed E-state index contributed by atoms with van der Waals surface area (Å²) in [5, 5.41) is 2.88. The lowest BCUT2D eigenvalue weighted by Crippen LogP contribution is -2.39. The maximum absolute atomic E-state index is 13.0. The molecule has 1 aromatic heterocycles. The van der Waals surface area contributed by atoms with E-state index < -0.39 is 0 Å². The van der Waals surface area contributed by atoms with E-state index in [9.17, 15) is 9.18 Å². The molecule has 0 unspecified atom stereocenters. The van der Waals surface area contributed by atoms with Crippen molar-refractivity contribution in [3.63, 3.8) is 0 Å². The maximum Gasteiger partial charge on any atom is 0.227 e. The Labute approximate surface area is 171 Å². The summed E-state index contributed by atoms with van der Waals surface area (Å²) in [5.41, 5.74) is 1.32. The van der Waals surface area contributed by atoms with Gasteiger partial charge in [0, 0.05) is 43.3 Å². The molecule has 1 N–H and O–H groups in total. The molecule has 1 amide bonds. The molecule has 0 saturated carbocycles. The first-order valence-electron chi connectivity index (χ1n) is 9.95. The van der Waals surface area contributed by atoms with Crippen LogP contribution in [0.15, 0.2) is 30.3 Å². The third-order valence-electron chi connectivity index (χ3n) is 5.03. The molecular weight excluding hydrogens is 371 g/mol. The quantitative estimate of drug-likeness (QED) is 0.824. The molecule has 1 aliphatic rings. The molecule has 156 valence electrons. The molecule has 2 aromatic rings. The first kappa shape index (κ1) is 21.2. The van der Waals surface area contributed by atoms with Gasteiger partial charge in [-0.15, -0.1) is 0 Å². The molecule has 0 atom stereocenters. The van der Waals surface area contributed by atoms with Crippen LogP contribution in [0, 0.1) is 11.7 Å². The smallest absolute Gasteiger partial charge is 0.227 e. The zero-order chi connectivity index (χ0) is 21.0. The highest BCUT2D eigenvalue weighted by atomic mass is 19.1. The van der Waals surface area contributed by atoms with Crippen molar-refractivity contribution in [1.82, 2.24) is 9.97 Å². The van der Waals surface area contributed by atoms with E-state index in [1.54, 1.807) is 19.2 Å². The number of aromatic nitrogens is 2. The van der Waals surface area contributed by atoms with Crippen molar-refractivity contribution in [3.05, 3.63) is 47.7 Å². The van der Waals surface area contributed by atoms with Gasteiger partial charge in [-0.1, -0.05) is 20.8 Å². The number of hydrogen-bond acceptors (Lipinski definition) is 5. The Kier molecular flexibility index (Phi) is 6.47. The average Bonchev–Trinajstić information content (AvgIpc) is 2.69. The van der Waals surface area contributed by atoms with Crippen LogP contribution < -0.4 is 10.2 Å². The van der Waals surface area contributed by atoms with E-state index in [0.29, 0.717) is 12.3 Å². The standard InChI is InChI=1S/C22H29FN4O2/c1-22(2,3)21-25-18(14-29-4)13-19(26-21)27-11-9-15(10-12-27)20(28)24-17-7-5-16(23)6-8-17/h5-8,13,15H,9-12,14H2,1-4H3,(H,24,28). The largest absolute Gasteiger partial charge is 0.378 e. The fourth-order valence-electron chi connectivity index (χ4n) is 3.35. The van der Waals surface area contributed by atoms with Gasteiger partial charge >= 0.3 is 0 Å². The third-order valence-corrected chi connectivity index (χ3v) is 5.03. The summed E-state index contributed by atoms with van der Waals surface area (Å²) >= 11 is 0. The number of methoxy groups -OCH3 is 1.